The summed E-state index contributed by atoms with van der Waals surface area (Å²) >= 11 is 0. The number of amides is 2. The summed E-state index contributed by atoms with van der Waals surface area (Å²) in [7, 11) is 0. The van der Waals surface area contributed by atoms with Crippen LogP contribution < -0.4 is 10.6 Å². The standard InChI is InChI=1S/C18H26N2O5/c1-4-6-11-25-17(22)14-9-7-8-10-15(14)20-18(23)19-13(3)12-16(21)24-5-2/h7-10,13H,4-6,11-12H2,1-3H3,(H2,19,20,23). The van der Waals surface area contributed by atoms with Crippen LogP contribution in [0, 0.1) is 0 Å². The number of carbonyl (C=O) groups excluding carboxylic acids is 3. The Morgan fingerprint density at radius 3 is 2.52 bits per heavy atom. The monoisotopic (exact) mass is 350 g/mol. The summed E-state index contributed by atoms with van der Waals surface area (Å²) in [6.45, 7) is 6.06. The van der Waals surface area contributed by atoms with Crippen molar-refractivity contribution in [3.05, 3.63) is 29.8 Å². The molecule has 0 spiro atoms. The van der Waals surface area contributed by atoms with Crippen LogP contribution in [-0.2, 0) is 14.3 Å². The Labute approximate surface area is 148 Å². The minimum atomic E-state index is -0.509. The molecular weight excluding hydrogens is 324 g/mol. The molecule has 0 aliphatic heterocycles. The van der Waals surface area contributed by atoms with E-state index < -0.39 is 18.0 Å². The third-order valence-corrected chi connectivity index (χ3v) is 3.28. The Morgan fingerprint density at radius 1 is 1.12 bits per heavy atom. The molecule has 1 atom stereocenters. The minimum absolute atomic E-state index is 0.0714. The summed E-state index contributed by atoms with van der Waals surface area (Å²) in [4.78, 5) is 35.6. The minimum Gasteiger partial charge on any atom is -0.466 e. The van der Waals surface area contributed by atoms with Crippen LogP contribution in [0.15, 0.2) is 24.3 Å². The van der Waals surface area contributed by atoms with E-state index in [1.165, 1.54) is 0 Å². The second-order valence-electron chi connectivity index (χ2n) is 5.54. The van der Waals surface area contributed by atoms with Gasteiger partial charge in [-0.05, 0) is 32.4 Å². The number of para-hydroxylation sites is 1. The molecule has 25 heavy (non-hydrogen) atoms. The first-order chi connectivity index (χ1) is 12.0. The Balaban J connectivity index is 2.62. The van der Waals surface area contributed by atoms with Crippen molar-refractivity contribution in [2.45, 2.75) is 46.1 Å². The number of nitrogens with one attached hydrogen (secondary N) is 2. The van der Waals surface area contributed by atoms with E-state index in [-0.39, 0.29) is 18.0 Å². The molecule has 0 saturated carbocycles. The molecule has 2 amide bonds. The maximum atomic E-state index is 12.1. The first-order valence-electron chi connectivity index (χ1n) is 8.47. The average Bonchev–Trinajstić information content (AvgIpc) is 2.55. The fourth-order valence-electron chi connectivity index (χ4n) is 2.06. The van der Waals surface area contributed by atoms with Crippen molar-refractivity contribution in [3.8, 4) is 0 Å². The van der Waals surface area contributed by atoms with E-state index in [9.17, 15) is 14.4 Å². The number of benzene rings is 1. The van der Waals surface area contributed by atoms with E-state index in [0.29, 0.717) is 18.9 Å². The molecule has 2 N–H and O–H groups in total. The van der Waals surface area contributed by atoms with Gasteiger partial charge >= 0.3 is 18.0 Å². The van der Waals surface area contributed by atoms with E-state index in [1.54, 1.807) is 38.1 Å². The molecule has 1 aromatic rings. The maximum absolute atomic E-state index is 12.1. The Hall–Kier alpha value is -2.57. The van der Waals surface area contributed by atoms with Gasteiger partial charge in [0.15, 0.2) is 0 Å². The van der Waals surface area contributed by atoms with E-state index >= 15 is 0 Å². The fourth-order valence-corrected chi connectivity index (χ4v) is 2.06. The summed E-state index contributed by atoms with van der Waals surface area (Å²) in [6, 6.07) is 5.70. The summed E-state index contributed by atoms with van der Waals surface area (Å²) in [6.07, 6.45) is 1.78. The molecule has 0 fully saturated rings. The van der Waals surface area contributed by atoms with Gasteiger partial charge in [0.05, 0.1) is 30.9 Å². The number of esters is 2. The quantitative estimate of drug-likeness (QED) is 0.527. The van der Waals surface area contributed by atoms with Crippen LogP contribution in [0.5, 0.6) is 0 Å². The summed E-state index contributed by atoms with van der Waals surface area (Å²) in [5.41, 5.74) is 0.636. The number of anilines is 1. The van der Waals surface area contributed by atoms with Crippen LogP contribution in [0.25, 0.3) is 0 Å². The molecule has 0 bridgehead atoms. The van der Waals surface area contributed by atoms with Crippen LogP contribution in [0.3, 0.4) is 0 Å². The lowest BCUT2D eigenvalue weighted by molar-refractivity contribution is -0.143. The predicted octanol–water partition coefficient (Wildman–Crippen LogP) is 3.11. The van der Waals surface area contributed by atoms with Crippen LogP contribution in [0.2, 0.25) is 0 Å². The van der Waals surface area contributed by atoms with Crippen molar-refractivity contribution in [1.29, 1.82) is 0 Å². The molecule has 1 aromatic carbocycles. The van der Waals surface area contributed by atoms with Gasteiger partial charge in [0.1, 0.15) is 0 Å². The van der Waals surface area contributed by atoms with E-state index in [2.05, 4.69) is 10.6 Å². The second kappa shape index (κ2) is 11.1. The molecule has 0 saturated heterocycles. The third kappa shape index (κ3) is 7.69. The van der Waals surface area contributed by atoms with Crippen molar-refractivity contribution < 1.29 is 23.9 Å². The molecule has 0 heterocycles. The van der Waals surface area contributed by atoms with Gasteiger partial charge in [0, 0.05) is 6.04 Å². The van der Waals surface area contributed by atoms with Crippen LogP contribution in [-0.4, -0.2) is 37.2 Å². The Morgan fingerprint density at radius 2 is 1.84 bits per heavy atom. The molecule has 0 radical (unpaired) electrons. The molecule has 0 aliphatic carbocycles. The SMILES string of the molecule is CCCCOC(=O)c1ccccc1NC(=O)NC(C)CC(=O)OCC. The zero-order chi connectivity index (χ0) is 18.7. The number of carbonyl (C=O) groups is 3. The van der Waals surface area contributed by atoms with E-state index in [0.717, 1.165) is 12.8 Å². The highest BCUT2D eigenvalue weighted by Crippen LogP contribution is 2.16. The Bertz CT molecular complexity index is 589. The van der Waals surface area contributed by atoms with Crippen LogP contribution in [0.1, 0.15) is 50.4 Å². The molecule has 1 rings (SSSR count). The van der Waals surface area contributed by atoms with Gasteiger partial charge in [-0.15, -0.1) is 0 Å². The van der Waals surface area contributed by atoms with Crippen molar-refractivity contribution in [3.63, 3.8) is 0 Å². The molecule has 0 aliphatic rings. The van der Waals surface area contributed by atoms with Crippen molar-refractivity contribution >= 4 is 23.7 Å². The lowest BCUT2D eigenvalue weighted by Crippen LogP contribution is -2.38. The van der Waals surface area contributed by atoms with E-state index in [1.807, 2.05) is 6.92 Å². The summed E-state index contributed by atoms with van der Waals surface area (Å²) in [5, 5.41) is 5.25. The molecule has 1 unspecified atom stereocenters. The first-order valence-corrected chi connectivity index (χ1v) is 8.47. The first kappa shape index (κ1) is 20.5. The molecule has 138 valence electrons. The van der Waals surface area contributed by atoms with Gasteiger partial charge in [-0.25, -0.2) is 9.59 Å². The van der Waals surface area contributed by atoms with Crippen molar-refractivity contribution in [2.75, 3.05) is 18.5 Å². The largest absolute Gasteiger partial charge is 0.466 e. The number of unbranched alkanes of at least 4 members (excludes halogenated alkanes) is 1. The predicted molar refractivity (Wildman–Crippen MR) is 94.5 cm³/mol. The van der Waals surface area contributed by atoms with Gasteiger partial charge in [-0.1, -0.05) is 25.5 Å². The number of ether oxygens (including phenoxy) is 2. The maximum Gasteiger partial charge on any atom is 0.340 e. The van der Waals surface area contributed by atoms with Gasteiger partial charge < -0.3 is 20.1 Å². The van der Waals surface area contributed by atoms with Gasteiger partial charge in [0.25, 0.3) is 0 Å². The highest BCUT2D eigenvalue weighted by atomic mass is 16.5. The number of rotatable bonds is 9. The molecule has 7 heteroatoms. The summed E-state index contributed by atoms with van der Waals surface area (Å²) < 4.78 is 10.0. The topological polar surface area (TPSA) is 93.7 Å². The highest BCUT2D eigenvalue weighted by Gasteiger charge is 2.16. The number of urea groups is 1. The molecule has 0 aromatic heterocycles. The smallest absolute Gasteiger partial charge is 0.340 e. The Kier molecular flexibility index (Phi) is 9.06. The number of hydrogen-bond donors (Lipinski definition) is 2. The summed E-state index contributed by atoms with van der Waals surface area (Å²) in [5.74, 6) is -0.862. The second-order valence-corrected chi connectivity index (χ2v) is 5.54. The lowest BCUT2D eigenvalue weighted by atomic mass is 10.2. The van der Waals surface area contributed by atoms with Crippen LogP contribution >= 0.6 is 0 Å². The average molecular weight is 350 g/mol. The third-order valence-electron chi connectivity index (χ3n) is 3.28. The lowest BCUT2D eigenvalue weighted by Gasteiger charge is -2.15. The van der Waals surface area contributed by atoms with Crippen molar-refractivity contribution in [2.24, 2.45) is 0 Å². The highest BCUT2D eigenvalue weighted by molar-refractivity contribution is 6.00. The zero-order valence-corrected chi connectivity index (χ0v) is 15.0. The van der Waals surface area contributed by atoms with E-state index in [4.69, 9.17) is 9.47 Å². The van der Waals surface area contributed by atoms with Gasteiger partial charge in [-0.2, -0.15) is 0 Å². The molecule has 7 nitrogen and oxygen atoms in total. The van der Waals surface area contributed by atoms with Crippen molar-refractivity contribution in [1.82, 2.24) is 5.32 Å². The number of hydrogen-bond acceptors (Lipinski definition) is 5. The van der Waals surface area contributed by atoms with Gasteiger partial charge in [0.2, 0.25) is 0 Å². The zero-order valence-electron chi connectivity index (χ0n) is 15.0. The van der Waals surface area contributed by atoms with Gasteiger partial charge in [-0.3, -0.25) is 4.79 Å². The normalized spacial score (nSPS) is 11.3. The van der Waals surface area contributed by atoms with Crippen LogP contribution in [0.4, 0.5) is 10.5 Å². The fraction of sp³-hybridized carbons (Fsp3) is 0.500. The molecular formula is C18H26N2O5.